The number of nitrogens with one attached hydrogen (secondary N) is 2. The Morgan fingerprint density at radius 1 is 1.35 bits per heavy atom. The molecule has 5 nitrogen and oxygen atoms in total. The van der Waals surface area contributed by atoms with E-state index in [9.17, 15) is 4.79 Å². The van der Waals surface area contributed by atoms with Crippen molar-refractivity contribution in [3.63, 3.8) is 0 Å². The predicted octanol–water partition coefficient (Wildman–Crippen LogP) is 2.66. The number of hydrogen-bond donors (Lipinski definition) is 2. The smallest absolute Gasteiger partial charge is 0.258 e. The van der Waals surface area contributed by atoms with Gasteiger partial charge in [-0.3, -0.25) is 10.1 Å². The SMILES string of the molecule is Cc1cc(Cl)nc(NC(=O)c2ccc3c(c2)CCN3)n1. The highest BCUT2D eigenvalue weighted by Crippen LogP contribution is 2.23. The maximum atomic E-state index is 12.2. The molecule has 2 N–H and O–H groups in total. The molecule has 1 aromatic heterocycles. The van der Waals surface area contributed by atoms with Gasteiger partial charge in [-0.2, -0.15) is 0 Å². The third kappa shape index (κ3) is 2.58. The predicted molar refractivity (Wildman–Crippen MR) is 78.4 cm³/mol. The first-order valence-electron chi connectivity index (χ1n) is 6.31. The van der Waals surface area contributed by atoms with E-state index in [0.29, 0.717) is 16.4 Å². The minimum atomic E-state index is -0.235. The number of anilines is 2. The number of aryl methyl sites for hydroxylation is 1. The van der Waals surface area contributed by atoms with Crippen LogP contribution < -0.4 is 10.6 Å². The zero-order chi connectivity index (χ0) is 14.1. The Morgan fingerprint density at radius 2 is 2.20 bits per heavy atom. The van der Waals surface area contributed by atoms with Gasteiger partial charge in [0, 0.05) is 23.5 Å². The summed E-state index contributed by atoms with van der Waals surface area (Å²) in [6, 6.07) is 7.23. The van der Waals surface area contributed by atoms with Crippen LogP contribution in [-0.4, -0.2) is 22.4 Å². The van der Waals surface area contributed by atoms with Crippen molar-refractivity contribution in [2.24, 2.45) is 0 Å². The molecule has 0 bridgehead atoms. The van der Waals surface area contributed by atoms with E-state index in [1.165, 1.54) is 0 Å². The molecule has 0 saturated heterocycles. The second-order valence-electron chi connectivity index (χ2n) is 4.66. The molecule has 0 saturated carbocycles. The van der Waals surface area contributed by atoms with Gasteiger partial charge in [-0.25, -0.2) is 9.97 Å². The van der Waals surface area contributed by atoms with Gasteiger partial charge in [0.05, 0.1) is 0 Å². The topological polar surface area (TPSA) is 66.9 Å². The molecule has 1 aliphatic rings. The van der Waals surface area contributed by atoms with Gasteiger partial charge in [0.25, 0.3) is 5.91 Å². The third-order valence-corrected chi connectivity index (χ3v) is 3.32. The van der Waals surface area contributed by atoms with Gasteiger partial charge in [0.1, 0.15) is 5.15 Å². The normalized spacial score (nSPS) is 12.7. The van der Waals surface area contributed by atoms with Crippen LogP contribution in [0.2, 0.25) is 5.15 Å². The van der Waals surface area contributed by atoms with Gasteiger partial charge >= 0.3 is 0 Å². The quantitative estimate of drug-likeness (QED) is 0.834. The van der Waals surface area contributed by atoms with Crippen molar-refractivity contribution in [1.82, 2.24) is 9.97 Å². The summed E-state index contributed by atoms with van der Waals surface area (Å²) in [5.74, 6) is -0.0139. The molecule has 1 aliphatic heterocycles. The summed E-state index contributed by atoms with van der Waals surface area (Å²) < 4.78 is 0. The number of aromatic nitrogens is 2. The molecule has 0 fully saturated rings. The Balaban J connectivity index is 1.82. The summed E-state index contributed by atoms with van der Waals surface area (Å²) in [7, 11) is 0. The molecule has 1 aromatic carbocycles. The van der Waals surface area contributed by atoms with E-state index in [1.54, 1.807) is 19.1 Å². The zero-order valence-corrected chi connectivity index (χ0v) is 11.7. The van der Waals surface area contributed by atoms with Crippen LogP contribution in [0.15, 0.2) is 24.3 Å². The van der Waals surface area contributed by atoms with Crippen LogP contribution in [0.1, 0.15) is 21.6 Å². The average molecular weight is 289 g/mol. The second-order valence-corrected chi connectivity index (χ2v) is 5.05. The number of benzene rings is 1. The molecule has 0 unspecified atom stereocenters. The fourth-order valence-electron chi connectivity index (χ4n) is 2.21. The minimum Gasteiger partial charge on any atom is -0.384 e. The first-order chi connectivity index (χ1) is 9.61. The summed E-state index contributed by atoms with van der Waals surface area (Å²) in [4.78, 5) is 20.3. The standard InChI is InChI=1S/C14H13ClN4O/c1-8-6-12(15)18-14(17-8)19-13(20)10-2-3-11-9(7-10)4-5-16-11/h2-3,6-7,16H,4-5H2,1H3,(H,17,18,19,20). The van der Waals surface area contributed by atoms with Crippen molar-refractivity contribution in [3.8, 4) is 0 Å². The number of fused-ring (bicyclic) bond motifs is 1. The van der Waals surface area contributed by atoms with Crippen molar-refractivity contribution >= 4 is 29.1 Å². The van der Waals surface area contributed by atoms with E-state index in [-0.39, 0.29) is 11.9 Å². The molecule has 0 spiro atoms. The maximum absolute atomic E-state index is 12.2. The lowest BCUT2D eigenvalue weighted by Crippen LogP contribution is -2.14. The van der Waals surface area contributed by atoms with Crippen LogP contribution in [0.25, 0.3) is 0 Å². The Hall–Kier alpha value is -2.14. The van der Waals surface area contributed by atoms with E-state index in [2.05, 4.69) is 20.6 Å². The van der Waals surface area contributed by atoms with Gasteiger partial charge in [-0.15, -0.1) is 0 Å². The zero-order valence-electron chi connectivity index (χ0n) is 10.9. The first kappa shape index (κ1) is 12.9. The monoisotopic (exact) mass is 288 g/mol. The molecule has 2 heterocycles. The van der Waals surface area contributed by atoms with E-state index in [4.69, 9.17) is 11.6 Å². The van der Waals surface area contributed by atoms with Gasteiger partial charge in [0.15, 0.2) is 0 Å². The van der Waals surface area contributed by atoms with Gasteiger partial charge in [-0.1, -0.05) is 11.6 Å². The fraction of sp³-hybridized carbons (Fsp3) is 0.214. The van der Waals surface area contributed by atoms with Crippen molar-refractivity contribution in [2.45, 2.75) is 13.3 Å². The molecule has 20 heavy (non-hydrogen) atoms. The number of carbonyl (C=O) groups is 1. The molecule has 0 radical (unpaired) electrons. The van der Waals surface area contributed by atoms with E-state index in [0.717, 1.165) is 24.2 Å². The Kier molecular flexibility index (Phi) is 3.28. The Morgan fingerprint density at radius 3 is 3.00 bits per heavy atom. The molecule has 6 heteroatoms. The van der Waals surface area contributed by atoms with Crippen molar-refractivity contribution in [3.05, 3.63) is 46.2 Å². The number of nitrogens with zero attached hydrogens (tertiary/aromatic N) is 2. The van der Waals surface area contributed by atoms with Crippen LogP contribution in [0, 0.1) is 6.92 Å². The lowest BCUT2D eigenvalue weighted by Gasteiger charge is -2.06. The number of carbonyl (C=O) groups excluding carboxylic acids is 1. The molecule has 102 valence electrons. The van der Waals surface area contributed by atoms with E-state index < -0.39 is 0 Å². The highest BCUT2D eigenvalue weighted by Gasteiger charge is 2.14. The van der Waals surface area contributed by atoms with Gasteiger partial charge in [0.2, 0.25) is 5.95 Å². The molecule has 1 amide bonds. The second kappa shape index (κ2) is 5.09. The molecule has 0 atom stereocenters. The summed E-state index contributed by atoms with van der Waals surface area (Å²) in [5, 5.41) is 6.23. The average Bonchev–Trinajstić information content (AvgIpc) is 2.84. The van der Waals surface area contributed by atoms with Crippen LogP contribution in [0.4, 0.5) is 11.6 Å². The number of amides is 1. The largest absolute Gasteiger partial charge is 0.384 e. The highest BCUT2D eigenvalue weighted by molar-refractivity contribution is 6.29. The van der Waals surface area contributed by atoms with Crippen molar-refractivity contribution in [1.29, 1.82) is 0 Å². The molecule has 0 aliphatic carbocycles. The number of rotatable bonds is 2. The van der Waals surface area contributed by atoms with Gasteiger partial charge in [-0.05, 0) is 43.2 Å². The lowest BCUT2D eigenvalue weighted by atomic mass is 10.1. The van der Waals surface area contributed by atoms with Gasteiger partial charge < -0.3 is 5.32 Å². The molecular formula is C14H13ClN4O. The maximum Gasteiger partial charge on any atom is 0.258 e. The Labute approximate surface area is 121 Å². The molecule has 3 rings (SSSR count). The van der Waals surface area contributed by atoms with Crippen LogP contribution in [0.5, 0.6) is 0 Å². The van der Waals surface area contributed by atoms with Crippen molar-refractivity contribution in [2.75, 3.05) is 17.2 Å². The van der Waals surface area contributed by atoms with Crippen LogP contribution >= 0.6 is 11.6 Å². The summed E-state index contributed by atoms with van der Waals surface area (Å²) in [6.45, 7) is 2.71. The first-order valence-corrected chi connectivity index (χ1v) is 6.69. The summed E-state index contributed by atoms with van der Waals surface area (Å²) in [6.07, 6.45) is 0.934. The highest BCUT2D eigenvalue weighted by atomic mass is 35.5. The molecule has 2 aromatic rings. The van der Waals surface area contributed by atoms with Crippen LogP contribution in [0.3, 0.4) is 0 Å². The third-order valence-electron chi connectivity index (χ3n) is 3.13. The lowest BCUT2D eigenvalue weighted by molar-refractivity contribution is 0.102. The van der Waals surface area contributed by atoms with E-state index >= 15 is 0 Å². The summed E-state index contributed by atoms with van der Waals surface area (Å²) in [5.41, 5.74) is 3.55. The van der Waals surface area contributed by atoms with E-state index in [1.807, 2.05) is 12.1 Å². The Bertz CT molecular complexity index is 667. The van der Waals surface area contributed by atoms with Crippen LogP contribution in [-0.2, 0) is 6.42 Å². The van der Waals surface area contributed by atoms with Crippen molar-refractivity contribution < 1.29 is 4.79 Å². The number of halogens is 1. The minimum absolute atomic E-state index is 0.221. The fourth-order valence-corrected chi connectivity index (χ4v) is 2.44. The molecular weight excluding hydrogens is 276 g/mol. The number of hydrogen-bond acceptors (Lipinski definition) is 4. The summed E-state index contributed by atoms with van der Waals surface area (Å²) >= 11 is 5.85.